The highest BCUT2D eigenvalue weighted by molar-refractivity contribution is 5.99. The molecule has 0 radical (unpaired) electrons. The number of allylic oxidation sites excluding steroid dienone is 3. The van der Waals surface area contributed by atoms with E-state index in [1.54, 1.807) is 14.2 Å². The zero-order valence-corrected chi connectivity index (χ0v) is 12.6. The summed E-state index contributed by atoms with van der Waals surface area (Å²) in [5.41, 5.74) is 4.62. The number of amides is 1. The fraction of sp³-hybridized carbons (Fsp3) is 0.294. The van der Waals surface area contributed by atoms with Crippen LogP contribution in [0.4, 0.5) is 0 Å². The molecule has 22 heavy (non-hydrogen) atoms. The van der Waals surface area contributed by atoms with Crippen molar-refractivity contribution in [1.82, 2.24) is 5.43 Å². The standard InChI is InChI=1S/C17H18N2O3/c1-21-15-8-7-11(10-16(15)22-2)9-14-12-5-3-4-6-13(12)17(20)19-18-14/h3-8,10,12-13H,9H2,1-2H3,(H,19,20)/t12-,13+/m0/s1. The van der Waals surface area contributed by atoms with Gasteiger partial charge in [-0.3, -0.25) is 4.79 Å². The van der Waals surface area contributed by atoms with E-state index < -0.39 is 0 Å². The fourth-order valence-electron chi connectivity index (χ4n) is 2.81. The SMILES string of the molecule is COc1ccc(CC2=NNC(=O)[C@@H]3C=CC=C[C@H]23)cc1OC. The van der Waals surface area contributed by atoms with Gasteiger partial charge in [-0.15, -0.1) is 0 Å². The average Bonchev–Trinajstić information content (AvgIpc) is 2.57. The number of fused-ring (bicyclic) bond motifs is 1. The first-order chi connectivity index (χ1) is 10.7. The largest absolute Gasteiger partial charge is 0.493 e. The number of hydrazone groups is 1. The normalized spacial score (nSPS) is 22.6. The van der Waals surface area contributed by atoms with Gasteiger partial charge in [0, 0.05) is 12.3 Å². The third-order valence-electron chi connectivity index (χ3n) is 3.97. The van der Waals surface area contributed by atoms with Crippen molar-refractivity contribution in [3.05, 3.63) is 48.1 Å². The molecule has 1 aromatic carbocycles. The van der Waals surface area contributed by atoms with Gasteiger partial charge in [0.1, 0.15) is 0 Å². The van der Waals surface area contributed by atoms with E-state index in [0.717, 1.165) is 11.3 Å². The Labute approximate surface area is 129 Å². The summed E-state index contributed by atoms with van der Waals surface area (Å²) >= 11 is 0. The van der Waals surface area contributed by atoms with E-state index >= 15 is 0 Å². The predicted molar refractivity (Wildman–Crippen MR) is 84.1 cm³/mol. The van der Waals surface area contributed by atoms with Gasteiger partial charge in [-0.25, -0.2) is 5.43 Å². The van der Waals surface area contributed by atoms with E-state index in [4.69, 9.17) is 9.47 Å². The first-order valence-corrected chi connectivity index (χ1v) is 7.15. The summed E-state index contributed by atoms with van der Waals surface area (Å²) in [7, 11) is 3.23. The molecule has 0 aromatic heterocycles. The molecule has 1 aromatic rings. The summed E-state index contributed by atoms with van der Waals surface area (Å²) in [6, 6.07) is 5.80. The Bertz CT molecular complexity index is 676. The van der Waals surface area contributed by atoms with Crippen LogP contribution in [-0.2, 0) is 11.2 Å². The number of carbonyl (C=O) groups excluding carboxylic acids is 1. The maximum absolute atomic E-state index is 11.9. The minimum Gasteiger partial charge on any atom is -0.493 e. The van der Waals surface area contributed by atoms with Crippen LogP contribution < -0.4 is 14.9 Å². The number of hydrogen-bond acceptors (Lipinski definition) is 4. The van der Waals surface area contributed by atoms with E-state index in [1.165, 1.54) is 0 Å². The first kappa shape index (κ1) is 14.4. The van der Waals surface area contributed by atoms with Crippen molar-refractivity contribution in [2.75, 3.05) is 14.2 Å². The number of nitrogens with zero attached hydrogens (tertiary/aromatic N) is 1. The minimum absolute atomic E-state index is 0.0202. The van der Waals surface area contributed by atoms with Crippen molar-refractivity contribution in [2.45, 2.75) is 6.42 Å². The predicted octanol–water partition coefficient (Wildman–Crippen LogP) is 2.09. The first-order valence-electron chi connectivity index (χ1n) is 7.15. The quantitative estimate of drug-likeness (QED) is 0.926. The Balaban J connectivity index is 1.85. The maximum atomic E-state index is 11.9. The molecule has 0 spiro atoms. The van der Waals surface area contributed by atoms with Gasteiger partial charge in [0.25, 0.3) is 0 Å². The summed E-state index contributed by atoms with van der Waals surface area (Å²) < 4.78 is 10.6. The zero-order chi connectivity index (χ0) is 15.5. The summed E-state index contributed by atoms with van der Waals surface area (Å²) in [6.45, 7) is 0. The zero-order valence-electron chi connectivity index (χ0n) is 12.6. The van der Waals surface area contributed by atoms with Crippen LogP contribution in [0.25, 0.3) is 0 Å². The van der Waals surface area contributed by atoms with Crippen molar-refractivity contribution < 1.29 is 14.3 Å². The lowest BCUT2D eigenvalue weighted by molar-refractivity contribution is -0.124. The van der Waals surface area contributed by atoms with Crippen molar-refractivity contribution in [1.29, 1.82) is 0 Å². The monoisotopic (exact) mass is 298 g/mol. The molecule has 114 valence electrons. The third-order valence-corrected chi connectivity index (χ3v) is 3.97. The molecule has 1 aliphatic carbocycles. The minimum atomic E-state index is -0.169. The topological polar surface area (TPSA) is 59.9 Å². The second kappa shape index (κ2) is 6.05. The smallest absolute Gasteiger partial charge is 0.247 e. The fourth-order valence-corrected chi connectivity index (χ4v) is 2.81. The molecule has 2 aliphatic rings. The molecular formula is C17H18N2O3. The van der Waals surface area contributed by atoms with Crippen molar-refractivity contribution in [3.63, 3.8) is 0 Å². The van der Waals surface area contributed by atoms with Crippen LogP contribution in [-0.4, -0.2) is 25.8 Å². The molecule has 0 unspecified atom stereocenters. The van der Waals surface area contributed by atoms with Gasteiger partial charge in [-0.2, -0.15) is 5.10 Å². The second-order valence-corrected chi connectivity index (χ2v) is 5.27. The summed E-state index contributed by atoms with van der Waals surface area (Å²) in [4.78, 5) is 11.9. The molecule has 0 saturated carbocycles. The lowest BCUT2D eigenvalue weighted by atomic mass is 9.81. The second-order valence-electron chi connectivity index (χ2n) is 5.27. The molecule has 1 N–H and O–H groups in total. The molecule has 2 atom stereocenters. The molecule has 0 fully saturated rings. The summed E-state index contributed by atoms with van der Waals surface area (Å²) in [5, 5.41) is 4.25. The van der Waals surface area contributed by atoms with Gasteiger partial charge >= 0.3 is 0 Å². The molecule has 5 heteroatoms. The number of ether oxygens (including phenoxy) is 2. The molecule has 3 rings (SSSR count). The Morgan fingerprint density at radius 1 is 1.09 bits per heavy atom. The Hall–Kier alpha value is -2.56. The summed E-state index contributed by atoms with van der Waals surface area (Å²) in [6.07, 6.45) is 8.47. The van der Waals surface area contributed by atoms with E-state index in [0.29, 0.717) is 17.9 Å². The molecule has 0 bridgehead atoms. The van der Waals surface area contributed by atoms with Crippen LogP contribution in [0.15, 0.2) is 47.6 Å². The van der Waals surface area contributed by atoms with Crippen molar-refractivity contribution in [2.24, 2.45) is 16.9 Å². The van der Waals surface area contributed by atoms with Gasteiger partial charge in [0.05, 0.1) is 25.8 Å². The van der Waals surface area contributed by atoms with Crippen LogP contribution in [0.1, 0.15) is 5.56 Å². The molecule has 1 heterocycles. The highest BCUT2D eigenvalue weighted by Crippen LogP contribution is 2.30. The van der Waals surface area contributed by atoms with Crippen LogP contribution in [0.2, 0.25) is 0 Å². The number of methoxy groups -OCH3 is 2. The highest BCUT2D eigenvalue weighted by Gasteiger charge is 2.33. The van der Waals surface area contributed by atoms with E-state index in [-0.39, 0.29) is 17.7 Å². The van der Waals surface area contributed by atoms with Crippen molar-refractivity contribution in [3.8, 4) is 11.5 Å². The molecular weight excluding hydrogens is 280 g/mol. The number of hydrogen-bond donors (Lipinski definition) is 1. The lowest BCUT2D eigenvalue weighted by Crippen LogP contribution is -2.41. The molecule has 1 amide bonds. The third kappa shape index (κ3) is 2.62. The number of benzene rings is 1. The van der Waals surface area contributed by atoms with Crippen LogP contribution in [0, 0.1) is 11.8 Å². The molecule has 0 saturated heterocycles. The maximum Gasteiger partial charge on any atom is 0.247 e. The van der Waals surface area contributed by atoms with E-state index in [1.807, 2.05) is 42.5 Å². The van der Waals surface area contributed by atoms with Gasteiger partial charge in [-0.1, -0.05) is 30.4 Å². The van der Waals surface area contributed by atoms with E-state index in [2.05, 4.69) is 10.5 Å². The number of nitrogens with one attached hydrogen (secondary N) is 1. The van der Waals surface area contributed by atoms with Crippen LogP contribution in [0.5, 0.6) is 11.5 Å². The van der Waals surface area contributed by atoms with Gasteiger partial charge in [0.2, 0.25) is 5.91 Å². The number of rotatable bonds is 4. The van der Waals surface area contributed by atoms with Crippen LogP contribution >= 0.6 is 0 Å². The van der Waals surface area contributed by atoms with E-state index in [9.17, 15) is 4.79 Å². The van der Waals surface area contributed by atoms with Gasteiger partial charge in [-0.05, 0) is 17.7 Å². The molecule has 1 aliphatic heterocycles. The molecule has 5 nitrogen and oxygen atoms in total. The summed E-state index contributed by atoms with van der Waals surface area (Å²) in [5.74, 6) is 1.19. The Morgan fingerprint density at radius 2 is 1.82 bits per heavy atom. The Morgan fingerprint density at radius 3 is 2.55 bits per heavy atom. The highest BCUT2D eigenvalue weighted by atomic mass is 16.5. The van der Waals surface area contributed by atoms with Gasteiger partial charge in [0.15, 0.2) is 11.5 Å². The number of carbonyl (C=O) groups is 1. The Kier molecular flexibility index (Phi) is 3.96. The average molecular weight is 298 g/mol. The lowest BCUT2D eigenvalue weighted by Gasteiger charge is -2.28. The van der Waals surface area contributed by atoms with Crippen molar-refractivity contribution >= 4 is 11.6 Å². The van der Waals surface area contributed by atoms with Gasteiger partial charge < -0.3 is 9.47 Å². The van der Waals surface area contributed by atoms with Crippen LogP contribution in [0.3, 0.4) is 0 Å².